The molecule has 0 spiro atoms. The smallest absolute Gasteiger partial charge is 0.0656 e. The highest BCUT2D eigenvalue weighted by Crippen LogP contribution is 1.91. The molecule has 0 saturated heterocycles. The number of aliphatic hydroxyl groups is 1. The van der Waals surface area contributed by atoms with Gasteiger partial charge in [-0.15, -0.1) is 0 Å². The number of aliphatic hydroxyl groups excluding tert-OH is 1. The average molecular weight is 147 g/mol. The van der Waals surface area contributed by atoms with Crippen LogP contribution in [0.5, 0.6) is 0 Å². The van der Waals surface area contributed by atoms with Crippen molar-refractivity contribution >= 4 is 0 Å². The molecule has 3 nitrogen and oxygen atoms in total. The zero-order chi connectivity index (χ0) is 7.82. The zero-order valence-electron chi connectivity index (χ0n) is 6.84. The predicted molar refractivity (Wildman–Crippen MR) is 40.6 cm³/mol. The van der Waals surface area contributed by atoms with Crippen molar-refractivity contribution in [3.8, 4) is 0 Å². The number of hydroxylamine groups is 2. The summed E-state index contributed by atoms with van der Waals surface area (Å²) in [7, 11) is 0. The third-order valence-electron chi connectivity index (χ3n) is 1.23. The first kappa shape index (κ1) is 9.88. The van der Waals surface area contributed by atoms with Crippen LogP contribution in [0.1, 0.15) is 20.3 Å². The van der Waals surface area contributed by atoms with Crippen LogP contribution in [-0.2, 0) is 4.84 Å². The summed E-state index contributed by atoms with van der Waals surface area (Å²) in [6, 6.07) is 0. The van der Waals surface area contributed by atoms with Crippen LogP contribution in [0.4, 0.5) is 0 Å². The topological polar surface area (TPSA) is 32.7 Å². The van der Waals surface area contributed by atoms with Gasteiger partial charge in [0.15, 0.2) is 0 Å². The van der Waals surface area contributed by atoms with Crippen molar-refractivity contribution in [1.29, 1.82) is 0 Å². The Bertz CT molecular complexity index is 68.6. The van der Waals surface area contributed by atoms with Crippen LogP contribution >= 0.6 is 0 Å². The van der Waals surface area contributed by atoms with Crippen molar-refractivity contribution in [2.45, 2.75) is 20.3 Å². The molecule has 0 aromatic heterocycles. The fourth-order valence-electron chi connectivity index (χ4n) is 0.744. The lowest BCUT2D eigenvalue weighted by molar-refractivity contribution is -0.152. The van der Waals surface area contributed by atoms with Gasteiger partial charge in [0.05, 0.1) is 6.61 Å². The van der Waals surface area contributed by atoms with Gasteiger partial charge in [-0.2, -0.15) is 5.06 Å². The molecule has 3 heteroatoms. The first-order valence-corrected chi connectivity index (χ1v) is 3.83. The monoisotopic (exact) mass is 147 g/mol. The molecule has 0 fully saturated rings. The Hall–Kier alpha value is -0.120. The van der Waals surface area contributed by atoms with Crippen LogP contribution in [0, 0.1) is 0 Å². The molecule has 0 rings (SSSR count). The van der Waals surface area contributed by atoms with Crippen LogP contribution in [0.15, 0.2) is 0 Å². The molecule has 0 amide bonds. The highest BCUT2D eigenvalue weighted by atomic mass is 16.7. The lowest BCUT2D eigenvalue weighted by atomic mass is 10.4. The predicted octanol–water partition coefficient (Wildman–Crippen LogP) is 0.642. The third kappa shape index (κ3) is 4.73. The average Bonchev–Trinajstić information content (AvgIpc) is 1.98. The summed E-state index contributed by atoms with van der Waals surface area (Å²) in [5.41, 5.74) is 0. The summed E-state index contributed by atoms with van der Waals surface area (Å²) in [6.45, 7) is 6.65. The molecule has 0 unspecified atom stereocenters. The van der Waals surface area contributed by atoms with E-state index in [2.05, 4.69) is 0 Å². The normalized spacial score (nSPS) is 10.8. The molecule has 0 aliphatic heterocycles. The SMILES string of the molecule is CCON(CC)CCCO. The molecular formula is C7H17NO2. The Morgan fingerprint density at radius 2 is 2.10 bits per heavy atom. The Kier molecular flexibility index (Phi) is 6.91. The van der Waals surface area contributed by atoms with Crippen LogP contribution < -0.4 is 0 Å². The Balaban J connectivity index is 3.21. The maximum atomic E-state index is 8.50. The summed E-state index contributed by atoms with van der Waals surface area (Å²) >= 11 is 0. The van der Waals surface area contributed by atoms with Gasteiger partial charge in [0.2, 0.25) is 0 Å². The fourth-order valence-corrected chi connectivity index (χ4v) is 0.744. The van der Waals surface area contributed by atoms with E-state index in [1.807, 2.05) is 18.9 Å². The quantitative estimate of drug-likeness (QED) is 0.560. The third-order valence-corrected chi connectivity index (χ3v) is 1.23. The van der Waals surface area contributed by atoms with Gasteiger partial charge in [-0.1, -0.05) is 6.92 Å². The fraction of sp³-hybridized carbons (Fsp3) is 1.00. The molecular weight excluding hydrogens is 130 g/mol. The minimum absolute atomic E-state index is 0.240. The maximum Gasteiger partial charge on any atom is 0.0656 e. The van der Waals surface area contributed by atoms with E-state index in [1.165, 1.54) is 0 Å². The molecule has 1 N–H and O–H groups in total. The highest BCUT2D eigenvalue weighted by molar-refractivity contribution is 4.41. The van der Waals surface area contributed by atoms with E-state index in [4.69, 9.17) is 9.94 Å². The Morgan fingerprint density at radius 3 is 2.50 bits per heavy atom. The molecule has 0 radical (unpaired) electrons. The summed E-state index contributed by atoms with van der Waals surface area (Å²) in [6.07, 6.45) is 0.786. The molecule has 0 aromatic carbocycles. The first-order valence-electron chi connectivity index (χ1n) is 3.83. The van der Waals surface area contributed by atoms with E-state index in [1.54, 1.807) is 0 Å². The molecule has 0 aliphatic carbocycles. The van der Waals surface area contributed by atoms with E-state index in [0.29, 0.717) is 6.61 Å². The maximum absolute atomic E-state index is 8.50. The van der Waals surface area contributed by atoms with E-state index in [9.17, 15) is 0 Å². The van der Waals surface area contributed by atoms with Gasteiger partial charge in [0, 0.05) is 19.7 Å². The van der Waals surface area contributed by atoms with Crippen LogP contribution in [0.3, 0.4) is 0 Å². The largest absolute Gasteiger partial charge is 0.396 e. The minimum atomic E-state index is 0.240. The van der Waals surface area contributed by atoms with E-state index >= 15 is 0 Å². The lowest BCUT2D eigenvalue weighted by Crippen LogP contribution is -2.25. The molecule has 0 atom stereocenters. The van der Waals surface area contributed by atoms with Crippen molar-refractivity contribution in [2.24, 2.45) is 0 Å². The zero-order valence-corrected chi connectivity index (χ0v) is 6.84. The van der Waals surface area contributed by atoms with Crippen LogP contribution in [0.25, 0.3) is 0 Å². The molecule has 0 aromatic rings. The Morgan fingerprint density at radius 1 is 1.40 bits per heavy atom. The summed E-state index contributed by atoms with van der Waals surface area (Å²) in [5.74, 6) is 0. The van der Waals surface area contributed by atoms with Gasteiger partial charge in [-0.3, -0.25) is 4.84 Å². The van der Waals surface area contributed by atoms with Gasteiger partial charge < -0.3 is 5.11 Å². The minimum Gasteiger partial charge on any atom is -0.396 e. The second kappa shape index (κ2) is 6.99. The van der Waals surface area contributed by atoms with E-state index < -0.39 is 0 Å². The molecule has 62 valence electrons. The molecule has 0 aliphatic rings. The summed E-state index contributed by atoms with van der Waals surface area (Å²) < 4.78 is 0. The first-order chi connectivity index (χ1) is 4.85. The highest BCUT2D eigenvalue weighted by Gasteiger charge is 1.98. The van der Waals surface area contributed by atoms with Gasteiger partial charge in [-0.05, 0) is 13.3 Å². The molecule has 0 saturated carbocycles. The van der Waals surface area contributed by atoms with Crippen molar-refractivity contribution in [1.82, 2.24) is 5.06 Å². The lowest BCUT2D eigenvalue weighted by Gasteiger charge is -2.17. The standard InChI is InChI=1S/C7H17NO2/c1-3-8(10-4-2)6-5-7-9/h9H,3-7H2,1-2H3. The van der Waals surface area contributed by atoms with Crippen LogP contribution in [-0.4, -0.2) is 36.5 Å². The summed E-state index contributed by atoms with van der Waals surface area (Å²) in [4.78, 5) is 5.22. The van der Waals surface area contributed by atoms with E-state index in [0.717, 1.165) is 19.5 Å². The Labute approximate surface area is 62.6 Å². The molecule has 10 heavy (non-hydrogen) atoms. The van der Waals surface area contributed by atoms with E-state index in [-0.39, 0.29) is 6.61 Å². The second-order valence-corrected chi connectivity index (χ2v) is 2.02. The summed E-state index contributed by atoms with van der Waals surface area (Å²) in [5, 5.41) is 10.4. The number of rotatable bonds is 6. The number of hydrogen-bond donors (Lipinski definition) is 1. The van der Waals surface area contributed by atoms with Crippen molar-refractivity contribution in [2.75, 3.05) is 26.3 Å². The van der Waals surface area contributed by atoms with Gasteiger partial charge in [0.25, 0.3) is 0 Å². The number of nitrogens with zero attached hydrogens (tertiary/aromatic N) is 1. The van der Waals surface area contributed by atoms with Crippen molar-refractivity contribution in [3.63, 3.8) is 0 Å². The van der Waals surface area contributed by atoms with Gasteiger partial charge >= 0.3 is 0 Å². The van der Waals surface area contributed by atoms with Gasteiger partial charge in [0.1, 0.15) is 0 Å². The van der Waals surface area contributed by atoms with Crippen LogP contribution in [0.2, 0.25) is 0 Å². The molecule has 0 bridgehead atoms. The van der Waals surface area contributed by atoms with Crippen molar-refractivity contribution in [3.05, 3.63) is 0 Å². The number of hydrogen-bond acceptors (Lipinski definition) is 3. The second-order valence-electron chi connectivity index (χ2n) is 2.02. The van der Waals surface area contributed by atoms with Gasteiger partial charge in [-0.25, -0.2) is 0 Å². The molecule has 0 heterocycles. The van der Waals surface area contributed by atoms with Crippen molar-refractivity contribution < 1.29 is 9.94 Å².